The Balaban J connectivity index is 1.91. The van der Waals surface area contributed by atoms with Gasteiger partial charge in [0.05, 0.1) is 0 Å². The van der Waals surface area contributed by atoms with Crippen LogP contribution < -0.4 is 10.1 Å². The third kappa shape index (κ3) is 6.87. The van der Waals surface area contributed by atoms with Crippen LogP contribution in [0.2, 0.25) is 10.0 Å². The molecule has 136 valence electrons. The number of benzene rings is 2. The second-order valence-electron chi connectivity index (χ2n) is 5.87. The third-order valence-electron chi connectivity index (χ3n) is 4.14. The highest BCUT2D eigenvalue weighted by atomic mass is 35.5. The molecular formula is C20H26Cl2N2O. The summed E-state index contributed by atoms with van der Waals surface area (Å²) in [5, 5.41) is 4.93. The van der Waals surface area contributed by atoms with Gasteiger partial charge in [-0.15, -0.1) is 0 Å². The molecule has 2 rings (SSSR count). The number of ether oxygens (including phenoxy) is 1. The van der Waals surface area contributed by atoms with Crippen molar-refractivity contribution in [3.05, 3.63) is 63.6 Å². The summed E-state index contributed by atoms with van der Waals surface area (Å²) in [6.07, 6.45) is 0. The highest BCUT2D eigenvalue weighted by Crippen LogP contribution is 2.24. The SMILES string of the molecule is CCN(CC)CCNCc1cc(Cl)ccc1OCc1ccc(Cl)cc1. The van der Waals surface area contributed by atoms with Gasteiger partial charge in [-0.1, -0.05) is 49.2 Å². The average Bonchev–Trinajstić information content (AvgIpc) is 2.62. The van der Waals surface area contributed by atoms with E-state index in [1.54, 1.807) is 0 Å². The van der Waals surface area contributed by atoms with Crippen LogP contribution >= 0.6 is 23.2 Å². The monoisotopic (exact) mass is 380 g/mol. The van der Waals surface area contributed by atoms with Crippen molar-refractivity contribution in [3.8, 4) is 5.75 Å². The first-order chi connectivity index (χ1) is 12.1. The molecule has 0 aromatic heterocycles. The van der Waals surface area contributed by atoms with Gasteiger partial charge < -0.3 is 15.0 Å². The smallest absolute Gasteiger partial charge is 0.124 e. The predicted octanol–water partition coefficient (Wildman–Crippen LogP) is 5.00. The standard InChI is InChI=1S/C20H26Cl2N2O/c1-3-24(4-2)12-11-23-14-17-13-19(22)9-10-20(17)25-15-16-5-7-18(21)8-6-16/h5-10,13,23H,3-4,11-12,14-15H2,1-2H3. The molecule has 0 amide bonds. The molecule has 0 fully saturated rings. The lowest BCUT2D eigenvalue weighted by molar-refractivity contribution is 0.296. The van der Waals surface area contributed by atoms with Crippen LogP contribution in [0.4, 0.5) is 0 Å². The summed E-state index contributed by atoms with van der Waals surface area (Å²) in [5.41, 5.74) is 2.15. The van der Waals surface area contributed by atoms with Crippen molar-refractivity contribution >= 4 is 23.2 Å². The minimum absolute atomic E-state index is 0.505. The predicted molar refractivity (Wildman–Crippen MR) is 107 cm³/mol. The number of rotatable bonds is 10. The maximum atomic E-state index is 6.15. The number of hydrogen-bond acceptors (Lipinski definition) is 3. The molecule has 2 aromatic rings. The Morgan fingerprint density at radius 1 is 0.960 bits per heavy atom. The van der Waals surface area contributed by atoms with Gasteiger partial charge in [0.1, 0.15) is 12.4 Å². The van der Waals surface area contributed by atoms with E-state index in [-0.39, 0.29) is 0 Å². The van der Waals surface area contributed by atoms with Crippen molar-refractivity contribution < 1.29 is 4.74 Å². The first-order valence-corrected chi connectivity index (χ1v) is 9.46. The first-order valence-electron chi connectivity index (χ1n) is 8.71. The van der Waals surface area contributed by atoms with Crippen LogP contribution in [0.25, 0.3) is 0 Å². The summed E-state index contributed by atoms with van der Waals surface area (Å²) < 4.78 is 5.99. The lowest BCUT2D eigenvalue weighted by atomic mass is 10.2. The third-order valence-corrected chi connectivity index (χ3v) is 4.63. The van der Waals surface area contributed by atoms with Gasteiger partial charge in [0.25, 0.3) is 0 Å². The summed E-state index contributed by atoms with van der Waals surface area (Å²) in [6.45, 7) is 9.73. The van der Waals surface area contributed by atoms with Crippen LogP contribution in [0.5, 0.6) is 5.75 Å². The van der Waals surface area contributed by atoms with E-state index in [1.165, 1.54) is 0 Å². The zero-order chi connectivity index (χ0) is 18.1. The summed E-state index contributed by atoms with van der Waals surface area (Å²) in [7, 11) is 0. The van der Waals surface area contributed by atoms with Crippen LogP contribution in [-0.4, -0.2) is 31.1 Å². The highest BCUT2D eigenvalue weighted by Gasteiger charge is 2.06. The lowest BCUT2D eigenvalue weighted by Crippen LogP contribution is -2.31. The lowest BCUT2D eigenvalue weighted by Gasteiger charge is -2.18. The molecule has 0 spiro atoms. The second-order valence-corrected chi connectivity index (χ2v) is 6.74. The molecule has 25 heavy (non-hydrogen) atoms. The van der Waals surface area contributed by atoms with E-state index in [1.807, 2.05) is 42.5 Å². The van der Waals surface area contributed by atoms with Crippen molar-refractivity contribution in [2.75, 3.05) is 26.2 Å². The van der Waals surface area contributed by atoms with Crippen LogP contribution in [0.15, 0.2) is 42.5 Å². The first kappa shape index (κ1) is 20.1. The molecule has 0 unspecified atom stereocenters. The molecule has 0 saturated carbocycles. The fourth-order valence-corrected chi connectivity index (χ4v) is 2.89. The molecular weight excluding hydrogens is 355 g/mol. The molecule has 0 bridgehead atoms. The largest absolute Gasteiger partial charge is 0.489 e. The summed E-state index contributed by atoms with van der Waals surface area (Å²) in [4.78, 5) is 2.39. The zero-order valence-electron chi connectivity index (χ0n) is 14.9. The summed E-state index contributed by atoms with van der Waals surface area (Å²) in [5.74, 6) is 0.856. The molecule has 0 aliphatic heterocycles. The highest BCUT2D eigenvalue weighted by molar-refractivity contribution is 6.30. The van der Waals surface area contributed by atoms with Crippen molar-refractivity contribution in [3.63, 3.8) is 0 Å². The molecule has 0 radical (unpaired) electrons. The van der Waals surface area contributed by atoms with E-state index >= 15 is 0 Å². The van der Waals surface area contributed by atoms with E-state index < -0.39 is 0 Å². The van der Waals surface area contributed by atoms with Gasteiger partial charge in [-0.2, -0.15) is 0 Å². The maximum absolute atomic E-state index is 6.15. The van der Waals surface area contributed by atoms with Crippen LogP contribution in [0.1, 0.15) is 25.0 Å². The quantitative estimate of drug-likeness (QED) is 0.586. The zero-order valence-corrected chi connectivity index (χ0v) is 16.4. The minimum Gasteiger partial charge on any atom is -0.489 e. The summed E-state index contributed by atoms with van der Waals surface area (Å²) >= 11 is 12.1. The van der Waals surface area contributed by atoms with E-state index in [0.717, 1.165) is 59.6 Å². The average molecular weight is 381 g/mol. The number of nitrogens with one attached hydrogen (secondary N) is 1. The van der Waals surface area contributed by atoms with E-state index in [2.05, 4.69) is 24.1 Å². The Labute approximate surface area is 160 Å². The molecule has 0 heterocycles. The molecule has 0 atom stereocenters. The Morgan fingerprint density at radius 3 is 2.32 bits per heavy atom. The molecule has 0 saturated heterocycles. The molecule has 3 nitrogen and oxygen atoms in total. The Morgan fingerprint density at radius 2 is 1.64 bits per heavy atom. The van der Waals surface area contributed by atoms with Gasteiger partial charge in [0.15, 0.2) is 0 Å². The topological polar surface area (TPSA) is 24.5 Å². The fraction of sp³-hybridized carbons (Fsp3) is 0.400. The minimum atomic E-state index is 0.505. The molecule has 0 aliphatic carbocycles. The molecule has 0 aliphatic rings. The van der Waals surface area contributed by atoms with E-state index in [9.17, 15) is 0 Å². The van der Waals surface area contributed by atoms with E-state index in [0.29, 0.717) is 6.61 Å². The number of halogens is 2. The van der Waals surface area contributed by atoms with Gasteiger partial charge in [0, 0.05) is 35.2 Å². The Hall–Kier alpha value is -1.26. The van der Waals surface area contributed by atoms with Crippen molar-refractivity contribution in [2.45, 2.75) is 27.0 Å². The van der Waals surface area contributed by atoms with Crippen molar-refractivity contribution in [2.24, 2.45) is 0 Å². The second kappa shape index (κ2) is 10.7. The number of hydrogen-bond donors (Lipinski definition) is 1. The molecule has 2 aromatic carbocycles. The van der Waals surface area contributed by atoms with Gasteiger partial charge in [-0.25, -0.2) is 0 Å². The van der Waals surface area contributed by atoms with Crippen molar-refractivity contribution in [1.82, 2.24) is 10.2 Å². The molecule has 5 heteroatoms. The summed E-state index contributed by atoms with van der Waals surface area (Å²) in [6, 6.07) is 13.4. The van der Waals surface area contributed by atoms with Crippen LogP contribution in [-0.2, 0) is 13.2 Å². The van der Waals surface area contributed by atoms with Crippen LogP contribution in [0, 0.1) is 0 Å². The van der Waals surface area contributed by atoms with E-state index in [4.69, 9.17) is 27.9 Å². The molecule has 1 N–H and O–H groups in total. The van der Waals surface area contributed by atoms with Gasteiger partial charge >= 0.3 is 0 Å². The Bertz CT molecular complexity index is 643. The van der Waals surface area contributed by atoms with Gasteiger partial charge in [-0.05, 0) is 49.0 Å². The number of nitrogens with zero attached hydrogens (tertiary/aromatic N) is 1. The fourth-order valence-electron chi connectivity index (χ4n) is 2.57. The maximum Gasteiger partial charge on any atom is 0.124 e. The Kier molecular flexibility index (Phi) is 8.56. The normalized spacial score (nSPS) is 11.1. The van der Waals surface area contributed by atoms with Crippen LogP contribution in [0.3, 0.4) is 0 Å². The van der Waals surface area contributed by atoms with Gasteiger partial charge in [-0.3, -0.25) is 0 Å². The van der Waals surface area contributed by atoms with Gasteiger partial charge in [0.2, 0.25) is 0 Å². The number of likely N-dealkylation sites (N-methyl/N-ethyl adjacent to an activating group) is 1. The van der Waals surface area contributed by atoms with Crippen molar-refractivity contribution in [1.29, 1.82) is 0 Å².